The first-order chi connectivity index (χ1) is 11.9. The van der Waals surface area contributed by atoms with Crippen molar-refractivity contribution in [3.8, 4) is 5.75 Å². The molecule has 0 amide bonds. The summed E-state index contributed by atoms with van der Waals surface area (Å²) >= 11 is 0. The molecule has 0 aliphatic rings. The summed E-state index contributed by atoms with van der Waals surface area (Å²) in [6, 6.07) is 9.36. The molecular formula is C16H23N5O3S. The molecule has 1 heterocycles. The van der Waals surface area contributed by atoms with Crippen molar-refractivity contribution in [1.82, 2.24) is 15.1 Å². The van der Waals surface area contributed by atoms with Gasteiger partial charge in [-0.15, -0.1) is 10.2 Å². The highest BCUT2D eigenvalue weighted by Gasteiger charge is 2.15. The van der Waals surface area contributed by atoms with Crippen molar-refractivity contribution < 1.29 is 13.2 Å². The molecule has 0 aliphatic heterocycles. The highest BCUT2D eigenvalue weighted by molar-refractivity contribution is 7.92. The summed E-state index contributed by atoms with van der Waals surface area (Å²) in [6.45, 7) is 1.74. The Morgan fingerprint density at radius 1 is 1.04 bits per heavy atom. The Morgan fingerprint density at radius 3 is 2.24 bits per heavy atom. The van der Waals surface area contributed by atoms with Gasteiger partial charge in [-0.25, -0.2) is 8.42 Å². The topological polar surface area (TPSA) is 96.5 Å². The maximum atomic E-state index is 12.3. The van der Waals surface area contributed by atoms with E-state index in [9.17, 15) is 8.42 Å². The average Bonchev–Trinajstić information content (AvgIpc) is 2.60. The monoisotopic (exact) mass is 365 g/mol. The van der Waals surface area contributed by atoms with E-state index in [1.165, 1.54) is 19.2 Å². The molecule has 2 N–H and O–H groups in total. The SMILES string of the molecule is COc1ccc(S(=O)(=O)Nc2ccc(NCCCN(C)C)nn2)cc1. The van der Waals surface area contributed by atoms with Gasteiger partial charge in [-0.05, 0) is 63.5 Å². The second-order valence-corrected chi connectivity index (χ2v) is 7.35. The maximum Gasteiger partial charge on any atom is 0.263 e. The molecule has 0 unspecified atom stereocenters. The van der Waals surface area contributed by atoms with Crippen molar-refractivity contribution >= 4 is 21.7 Å². The number of ether oxygens (including phenoxy) is 1. The summed E-state index contributed by atoms with van der Waals surface area (Å²) in [5, 5.41) is 11.0. The van der Waals surface area contributed by atoms with E-state index < -0.39 is 10.0 Å². The molecule has 8 nitrogen and oxygen atoms in total. The van der Waals surface area contributed by atoms with Crippen LogP contribution in [0.5, 0.6) is 5.75 Å². The van der Waals surface area contributed by atoms with Crippen LogP contribution in [-0.4, -0.2) is 57.8 Å². The molecule has 0 fully saturated rings. The van der Waals surface area contributed by atoms with E-state index in [2.05, 4.69) is 25.1 Å². The van der Waals surface area contributed by atoms with Crippen molar-refractivity contribution in [1.29, 1.82) is 0 Å². The maximum absolute atomic E-state index is 12.3. The lowest BCUT2D eigenvalue weighted by Crippen LogP contribution is -2.17. The third-order valence-corrected chi connectivity index (χ3v) is 4.73. The molecule has 2 aromatic rings. The third kappa shape index (κ3) is 5.87. The summed E-state index contributed by atoms with van der Waals surface area (Å²) in [7, 11) is 1.84. The number of hydrogen-bond donors (Lipinski definition) is 2. The quantitative estimate of drug-likeness (QED) is 0.652. The summed E-state index contributed by atoms with van der Waals surface area (Å²) in [5.74, 6) is 1.35. The van der Waals surface area contributed by atoms with Gasteiger partial charge in [-0.2, -0.15) is 0 Å². The molecule has 0 aliphatic carbocycles. The lowest BCUT2D eigenvalue weighted by Gasteiger charge is -2.10. The van der Waals surface area contributed by atoms with E-state index in [0.29, 0.717) is 11.6 Å². The van der Waals surface area contributed by atoms with Crippen LogP contribution in [0.2, 0.25) is 0 Å². The Labute approximate surface area is 148 Å². The fraction of sp³-hybridized carbons (Fsp3) is 0.375. The van der Waals surface area contributed by atoms with Gasteiger partial charge in [0.15, 0.2) is 5.82 Å². The van der Waals surface area contributed by atoms with Crippen LogP contribution in [0, 0.1) is 0 Å². The number of hydrogen-bond acceptors (Lipinski definition) is 7. The molecule has 0 atom stereocenters. The van der Waals surface area contributed by atoms with E-state index in [0.717, 1.165) is 19.5 Å². The Balaban J connectivity index is 1.95. The minimum Gasteiger partial charge on any atom is -0.497 e. The van der Waals surface area contributed by atoms with Crippen LogP contribution in [0.25, 0.3) is 0 Å². The van der Waals surface area contributed by atoms with Crippen LogP contribution in [0.3, 0.4) is 0 Å². The fourth-order valence-corrected chi connectivity index (χ4v) is 3.04. The Hall–Kier alpha value is -2.39. The first-order valence-corrected chi connectivity index (χ1v) is 9.28. The molecule has 2 rings (SSSR count). The smallest absolute Gasteiger partial charge is 0.263 e. The Morgan fingerprint density at radius 2 is 1.68 bits per heavy atom. The van der Waals surface area contributed by atoms with E-state index in [1.54, 1.807) is 24.3 Å². The van der Waals surface area contributed by atoms with Gasteiger partial charge in [-0.1, -0.05) is 0 Å². The summed E-state index contributed by atoms with van der Waals surface area (Å²) in [5.41, 5.74) is 0. The minimum atomic E-state index is -3.72. The number of methoxy groups -OCH3 is 1. The van der Waals surface area contributed by atoms with Crippen LogP contribution in [0.4, 0.5) is 11.6 Å². The number of nitrogens with one attached hydrogen (secondary N) is 2. The molecule has 136 valence electrons. The van der Waals surface area contributed by atoms with Crippen molar-refractivity contribution in [2.24, 2.45) is 0 Å². The largest absolute Gasteiger partial charge is 0.497 e. The summed E-state index contributed by atoms with van der Waals surface area (Å²) in [6.07, 6.45) is 0.973. The van der Waals surface area contributed by atoms with Gasteiger partial charge in [0.2, 0.25) is 0 Å². The van der Waals surface area contributed by atoms with Crippen LogP contribution in [0.15, 0.2) is 41.3 Å². The van der Waals surface area contributed by atoms with Gasteiger partial charge in [0, 0.05) is 6.54 Å². The zero-order valence-corrected chi connectivity index (χ0v) is 15.4. The summed E-state index contributed by atoms with van der Waals surface area (Å²) < 4.78 is 32.1. The number of sulfonamides is 1. The molecule has 25 heavy (non-hydrogen) atoms. The van der Waals surface area contributed by atoms with Crippen molar-refractivity contribution in [2.45, 2.75) is 11.3 Å². The first-order valence-electron chi connectivity index (χ1n) is 7.80. The standard InChI is InChI=1S/C16H23N5O3S/c1-21(2)12-4-11-17-15-9-10-16(19-18-15)20-25(22,23)14-7-5-13(24-3)6-8-14/h5-10H,4,11-12H2,1-3H3,(H,17,18)(H,19,20). The molecule has 0 radical (unpaired) electrons. The third-order valence-electron chi connectivity index (χ3n) is 3.36. The molecule has 1 aromatic carbocycles. The Bertz CT molecular complexity index is 761. The molecule has 0 bridgehead atoms. The van der Waals surface area contributed by atoms with Gasteiger partial charge in [0.1, 0.15) is 11.6 Å². The number of nitrogens with zero attached hydrogens (tertiary/aromatic N) is 3. The highest BCUT2D eigenvalue weighted by atomic mass is 32.2. The number of aromatic nitrogens is 2. The van der Waals surface area contributed by atoms with Crippen molar-refractivity contribution in [2.75, 3.05) is 44.3 Å². The second kappa shape index (κ2) is 8.63. The zero-order chi connectivity index (χ0) is 18.3. The molecule has 1 aromatic heterocycles. The van der Waals surface area contributed by atoms with Crippen LogP contribution in [0.1, 0.15) is 6.42 Å². The molecule has 9 heteroatoms. The summed E-state index contributed by atoms with van der Waals surface area (Å²) in [4.78, 5) is 2.23. The van der Waals surface area contributed by atoms with Crippen LogP contribution >= 0.6 is 0 Å². The second-order valence-electron chi connectivity index (χ2n) is 5.67. The molecule has 0 spiro atoms. The normalized spacial score (nSPS) is 11.4. The van der Waals surface area contributed by atoms with E-state index in [1.807, 2.05) is 14.1 Å². The van der Waals surface area contributed by atoms with Gasteiger partial charge in [-0.3, -0.25) is 4.72 Å². The van der Waals surface area contributed by atoms with Gasteiger partial charge >= 0.3 is 0 Å². The predicted molar refractivity (Wildman–Crippen MR) is 97.5 cm³/mol. The zero-order valence-electron chi connectivity index (χ0n) is 14.6. The first kappa shape index (κ1) is 18.9. The van der Waals surface area contributed by atoms with Crippen LogP contribution < -0.4 is 14.8 Å². The molecule has 0 saturated carbocycles. The number of benzene rings is 1. The van der Waals surface area contributed by atoms with Gasteiger partial charge in [0.05, 0.1) is 12.0 Å². The Kier molecular flexibility index (Phi) is 6.54. The van der Waals surface area contributed by atoms with Gasteiger partial charge < -0.3 is 15.0 Å². The lowest BCUT2D eigenvalue weighted by molar-refractivity contribution is 0.405. The average molecular weight is 365 g/mol. The minimum absolute atomic E-state index is 0.126. The van der Waals surface area contributed by atoms with E-state index in [-0.39, 0.29) is 10.7 Å². The highest BCUT2D eigenvalue weighted by Crippen LogP contribution is 2.18. The van der Waals surface area contributed by atoms with Gasteiger partial charge in [0.25, 0.3) is 10.0 Å². The number of anilines is 2. The van der Waals surface area contributed by atoms with Crippen molar-refractivity contribution in [3.05, 3.63) is 36.4 Å². The molecule has 0 saturated heterocycles. The fourth-order valence-electron chi connectivity index (χ4n) is 2.04. The molecular weight excluding hydrogens is 342 g/mol. The van der Waals surface area contributed by atoms with Crippen molar-refractivity contribution in [3.63, 3.8) is 0 Å². The van der Waals surface area contributed by atoms with E-state index in [4.69, 9.17) is 4.74 Å². The lowest BCUT2D eigenvalue weighted by atomic mass is 10.3. The van der Waals surface area contributed by atoms with E-state index >= 15 is 0 Å². The predicted octanol–water partition coefficient (Wildman–Crippen LogP) is 1.65. The number of rotatable bonds is 9. The van der Waals surface area contributed by atoms with Crippen LogP contribution in [-0.2, 0) is 10.0 Å².